The number of methoxy groups -OCH3 is 1. The lowest BCUT2D eigenvalue weighted by molar-refractivity contribution is 0.203. The first-order chi connectivity index (χ1) is 10.2. The minimum absolute atomic E-state index is 0.0625. The number of rotatable bonds is 7. The Bertz CT molecular complexity index is 542. The van der Waals surface area contributed by atoms with Crippen molar-refractivity contribution in [3.63, 3.8) is 0 Å². The number of hydrogen-bond acceptors (Lipinski definition) is 3. The smallest absolute Gasteiger partial charge is 0.161 e. The van der Waals surface area contributed by atoms with E-state index in [4.69, 9.17) is 9.47 Å². The number of ether oxygens (including phenoxy) is 2. The predicted octanol–water partition coefficient (Wildman–Crippen LogP) is 3.81. The van der Waals surface area contributed by atoms with Crippen LogP contribution in [0.4, 0.5) is 0 Å². The highest BCUT2D eigenvalue weighted by molar-refractivity contribution is 5.39. The van der Waals surface area contributed by atoms with Crippen LogP contribution in [0.25, 0.3) is 0 Å². The molecule has 0 bridgehead atoms. The van der Waals surface area contributed by atoms with Crippen molar-refractivity contribution < 1.29 is 9.47 Å². The van der Waals surface area contributed by atoms with Gasteiger partial charge in [0.25, 0.3) is 0 Å². The Balaban J connectivity index is 1.86. The van der Waals surface area contributed by atoms with Gasteiger partial charge in [0.15, 0.2) is 11.5 Å². The minimum atomic E-state index is 0.0625. The van der Waals surface area contributed by atoms with E-state index in [1.54, 1.807) is 7.11 Å². The first kappa shape index (κ1) is 15.4. The van der Waals surface area contributed by atoms with Crippen molar-refractivity contribution in [3.05, 3.63) is 60.2 Å². The van der Waals surface area contributed by atoms with Crippen LogP contribution in [0.2, 0.25) is 0 Å². The predicted molar refractivity (Wildman–Crippen MR) is 85.9 cm³/mol. The fourth-order valence-corrected chi connectivity index (χ4v) is 2.18. The lowest BCUT2D eigenvalue weighted by Gasteiger charge is -2.20. The van der Waals surface area contributed by atoms with E-state index in [0.29, 0.717) is 6.04 Å². The SMILES string of the molecule is COc1ccccc1O[C@@H](C)CN[C@@H](C)c1ccccc1. The van der Waals surface area contributed by atoms with Crippen molar-refractivity contribution in [1.29, 1.82) is 0 Å². The molecule has 0 heterocycles. The maximum atomic E-state index is 5.94. The normalized spacial score (nSPS) is 13.5. The van der Waals surface area contributed by atoms with Crippen molar-refractivity contribution in [2.24, 2.45) is 0 Å². The van der Waals surface area contributed by atoms with E-state index >= 15 is 0 Å². The van der Waals surface area contributed by atoms with Gasteiger partial charge in [-0.25, -0.2) is 0 Å². The minimum Gasteiger partial charge on any atom is -0.493 e. The second-order valence-corrected chi connectivity index (χ2v) is 5.12. The van der Waals surface area contributed by atoms with Gasteiger partial charge in [-0.05, 0) is 31.5 Å². The lowest BCUT2D eigenvalue weighted by Crippen LogP contribution is -2.31. The third kappa shape index (κ3) is 4.50. The van der Waals surface area contributed by atoms with Gasteiger partial charge in [-0.15, -0.1) is 0 Å². The first-order valence-corrected chi connectivity index (χ1v) is 7.28. The van der Waals surface area contributed by atoms with Crippen LogP contribution in [0, 0.1) is 0 Å². The number of hydrogen-bond donors (Lipinski definition) is 1. The summed E-state index contributed by atoms with van der Waals surface area (Å²) in [6.45, 7) is 4.98. The molecule has 1 N–H and O–H groups in total. The first-order valence-electron chi connectivity index (χ1n) is 7.28. The third-order valence-corrected chi connectivity index (χ3v) is 3.41. The van der Waals surface area contributed by atoms with Crippen molar-refractivity contribution in [2.45, 2.75) is 26.0 Å². The summed E-state index contributed by atoms with van der Waals surface area (Å²) < 4.78 is 11.2. The molecule has 0 saturated carbocycles. The summed E-state index contributed by atoms with van der Waals surface area (Å²) in [6, 6.07) is 18.4. The molecular weight excluding hydrogens is 262 g/mol. The molecule has 0 fully saturated rings. The average molecular weight is 285 g/mol. The Labute approximate surface area is 126 Å². The van der Waals surface area contributed by atoms with Crippen LogP contribution in [-0.4, -0.2) is 19.8 Å². The van der Waals surface area contributed by atoms with Crippen LogP contribution in [-0.2, 0) is 0 Å². The molecule has 2 aromatic rings. The van der Waals surface area contributed by atoms with Gasteiger partial charge in [0.1, 0.15) is 6.10 Å². The van der Waals surface area contributed by atoms with Crippen molar-refractivity contribution in [1.82, 2.24) is 5.32 Å². The Kier molecular flexibility index (Phi) is 5.64. The summed E-state index contributed by atoms with van der Waals surface area (Å²) >= 11 is 0. The molecule has 0 radical (unpaired) electrons. The maximum absolute atomic E-state index is 5.94. The molecule has 0 aliphatic rings. The van der Waals surface area contributed by atoms with E-state index in [-0.39, 0.29) is 6.10 Å². The molecule has 0 saturated heterocycles. The largest absolute Gasteiger partial charge is 0.493 e. The Morgan fingerprint density at radius 2 is 1.52 bits per heavy atom. The maximum Gasteiger partial charge on any atom is 0.161 e. The topological polar surface area (TPSA) is 30.5 Å². The monoisotopic (exact) mass is 285 g/mol. The molecule has 3 heteroatoms. The van der Waals surface area contributed by atoms with E-state index in [1.807, 2.05) is 30.3 Å². The molecule has 0 amide bonds. The molecular formula is C18H23NO2. The third-order valence-electron chi connectivity index (χ3n) is 3.41. The lowest BCUT2D eigenvalue weighted by atomic mass is 10.1. The Hall–Kier alpha value is -2.00. The molecule has 2 atom stereocenters. The average Bonchev–Trinajstić information content (AvgIpc) is 2.54. The molecule has 0 unspecified atom stereocenters. The van der Waals surface area contributed by atoms with E-state index < -0.39 is 0 Å². The summed E-state index contributed by atoms with van der Waals surface area (Å²) in [5.41, 5.74) is 1.28. The number of nitrogens with one attached hydrogen (secondary N) is 1. The van der Waals surface area contributed by atoms with Crippen molar-refractivity contribution in [3.8, 4) is 11.5 Å². The van der Waals surface area contributed by atoms with Crippen LogP contribution in [0.1, 0.15) is 25.5 Å². The zero-order valence-electron chi connectivity index (χ0n) is 12.9. The van der Waals surface area contributed by atoms with Crippen LogP contribution in [0.5, 0.6) is 11.5 Å². The molecule has 3 nitrogen and oxygen atoms in total. The molecule has 21 heavy (non-hydrogen) atoms. The van der Waals surface area contributed by atoms with Gasteiger partial charge in [0.2, 0.25) is 0 Å². The summed E-state index contributed by atoms with van der Waals surface area (Å²) in [4.78, 5) is 0. The van der Waals surface area contributed by atoms with E-state index in [2.05, 4.69) is 43.4 Å². The second-order valence-electron chi connectivity index (χ2n) is 5.12. The number of para-hydroxylation sites is 2. The summed E-state index contributed by atoms with van der Waals surface area (Å²) in [6.07, 6.45) is 0.0625. The van der Waals surface area contributed by atoms with Gasteiger partial charge in [0.05, 0.1) is 7.11 Å². The quantitative estimate of drug-likeness (QED) is 0.839. The molecule has 0 spiro atoms. The number of benzene rings is 2. The standard InChI is InChI=1S/C18H23NO2/c1-14(21-18-12-8-7-11-17(18)20-3)13-19-15(2)16-9-5-4-6-10-16/h4-12,14-15,19H,13H2,1-3H3/t14-,15-/m0/s1. The molecule has 2 aromatic carbocycles. The second kappa shape index (κ2) is 7.70. The molecule has 0 aliphatic heterocycles. The fraction of sp³-hybridized carbons (Fsp3) is 0.333. The summed E-state index contributed by atoms with van der Waals surface area (Å²) in [5.74, 6) is 1.54. The van der Waals surface area contributed by atoms with Gasteiger partial charge >= 0.3 is 0 Å². The van der Waals surface area contributed by atoms with E-state index in [1.165, 1.54) is 5.56 Å². The molecule has 112 valence electrons. The Morgan fingerprint density at radius 1 is 0.905 bits per heavy atom. The van der Waals surface area contributed by atoms with E-state index in [0.717, 1.165) is 18.0 Å². The van der Waals surface area contributed by atoms with Crippen LogP contribution >= 0.6 is 0 Å². The van der Waals surface area contributed by atoms with Crippen LogP contribution < -0.4 is 14.8 Å². The van der Waals surface area contributed by atoms with Gasteiger partial charge in [-0.2, -0.15) is 0 Å². The summed E-state index contributed by atoms with van der Waals surface area (Å²) in [7, 11) is 1.66. The zero-order valence-corrected chi connectivity index (χ0v) is 12.9. The van der Waals surface area contributed by atoms with Gasteiger partial charge < -0.3 is 14.8 Å². The van der Waals surface area contributed by atoms with Gasteiger partial charge in [-0.1, -0.05) is 42.5 Å². The Morgan fingerprint density at radius 3 is 2.19 bits per heavy atom. The zero-order chi connectivity index (χ0) is 15.1. The molecule has 0 aliphatic carbocycles. The fourth-order valence-electron chi connectivity index (χ4n) is 2.18. The van der Waals surface area contributed by atoms with Crippen molar-refractivity contribution >= 4 is 0 Å². The molecule has 0 aromatic heterocycles. The van der Waals surface area contributed by atoms with Crippen LogP contribution in [0.15, 0.2) is 54.6 Å². The summed E-state index contributed by atoms with van der Waals surface area (Å²) in [5, 5.41) is 3.49. The molecule has 2 rings (SSSR count). The van der Waals surface area contributed by atoms with E-state index in [9.17, 15) is 0 Å². The van der Waals surface area contributed by atoms with Gasteiger partial charge in [0, 0.05) is 12.6 Å². The van der Waals surface area contributed by atoms with Gasteiger partial charge in [-0.3, -0.25) is 0 Å². The van der Waals surface area contributed by atoms with Crippen LogP contribution in [0.3, 0.4) is 0 Å². The highest BCUT2D eigenvalue weighted by Crippen LogP contribution is 2.26. The highest BCUT2D eigenvalue weighted by Gasteiger charge is 2.10. The highest BCUT2D eigenvalue weighted by atomic mass is 16.5. The van der Waals surface area contributed by atoms with Crippen molar-refractivity contribution in [2.75, 3.05) is 13.7 Å².